The van der Waals surface area contributed by atoms with Crippen LogP contribution in [0, 0.1) is 0 Å². The Labute approximate surface area is 187 Å². The van der Waals surface area contributed by atoms with Crippen LogP contribution in [0.2, 0.25) is 0 Å². The summed E-state index contributed by atoms with van der Waals surface area (Å²) in [6.45, 7) is -1.29. The molecule has 12 heteroatoms. The van der Waals surface area contributed by atoms with E-state index in [0.717, 1.165) is 18.4 Å². The lowest BCUT2D eigenvalue weighted by Gasteiger charge is -2.16. The summed E-state index contributed by atoms with van der Waals surface area (Å²) in [5, 5.41) is 9.41. The molecule has 1 aliphatic rings. The van der Waals surface area contributed by atoms with Crippen LogP contribution >= 0.6 is 0 Å². The fraction of sp³-hybridized carbons (Fsp3) is 0.333. The molecular weight excluding hydrogens is 436 g/mol. The van der Waals surface area contributed by atoms with Crippen LogP contribution in [-0.2, 0) is 0 Å². The number of hydrogen-bond acceptors (Lipinski definition) is 7. The fourth-order valence-electron chi connectivity index (χ4n) is 3.36. The summed E-state index contributed by atoms with van der Waals surface area (Å²) in [6, 6.07) is 5.33. The molecule has 0 bridgehead atoms. The summed E-state index contributed by atoms with van der Waals surface area (Å²) in [7, 11) is 1.48. The van der Waals surface area contributed by atoms with Gasteiger partial charge in [0.25, 0.3) is 11.8 Å². The van der Waals surface area contributed by atoms with Crippen LogP contribution in [0.5, 0.6) is 5.75 Å². The molecule has 2 N–H and O–H groups in total. The molecule has 10 nitrogen and oxygen atoms in total. The second kappa shape index (κ2) is 9.27. The summed E-state index contributed by atoms with van der Waals surface area (Å²) < 4.78 is 31.4. The number of carbonyl (C=O) groups is 2. The van der Waals surface area contributed by atoms with E-state index in [1.807, 2.05) is 0 Å². The van der Waals surface area contributed by atoms with Crippen molar-refractivity contribution in [3.63, 3.8) is 0 Å². The Morgan fingerprint density at radius 3 is 2.58 bits per heavy atom. The third-order valence-electron chi connectivity index (χ3n) is 5.10. The SMILES string of the molecule is CNC(=O)c1cc(-n2ncnc2[C@H](C)NC(=O)c2cc(OC(F)F)cc(C3CC3)c2)ncn1. The van der Waals surface area contributed by atoms with Gasteiger partial charge in [0, 0.05) is 18.7 Å². The number of amides is 2. The standard InChI is InChI=1S/C21H21F2N7O3/c1-11(18-27-10-28-30(18)17-8-16(20(32)24-2)25-9-26-17)29-19(31)14-5-13(12-3-4-12)6-15(7-14)33-21(22)23/h5-12,21H,3-4H2,1-2H3,(H,24,32)(H,29,31)/t11-/m0/s1. The number of nitrogens with zero attached hydrogens (tertiary/aromatic N) is 5. The number of aromatic nitrogens is 5. The van der Waals surface area contributed by atoms with Gasteiger partial charge in [0.1, 0.15) is 24.1 Å². The predicted octanol–water partition coefficient (Wildman–Crippen LogP) is 2.39. The molecule has 0 spiro atoms. The maximum absolute atomic E-state index is 12.9. The fourth-order valence-corrected chi connectivity index (χ4v) is 3.36. The van der Waals surface area contributed by atoms with Crippen molar-refractivity contribution < 1.29 is 23.1 Å². The van der Waals surface area contributed by atoms with E-state index in [-0.39, 0.29) is 28.8 Å². The Morgan fingerprint density at radius 1 is 1.09 bits per heavy atom. The summed E-state index contributed by atoms with van der Waals surface area (Å²) >= 11 is 0. The molecule has 1 aliphatic carbocycles. The smallest absolute Gasteiger partial charge is 0.387 e. The normalized spacial score (nSPS) is 14.1. The topological polar surface area (TPSA) is 124 Å². The van der Waals surface area contributed by atoms with Gasteiger partial charge >= 0.3 is 6.61 Å². The molecule has 1 saturated carbocycles. The van der Waals surface area contributed by atoms with Crippen LogP contribution in [-0.4, -0.2) is 50.2 Å². The lowest BCUT2D eigenvalue weighted by molar-refractivity contribution is -0.0499. The van der Waals surface area contributed by atoms with Crippen molar-refractivity contribution in [3.8, 4) is 11.6 Å². The van der Waals surface area contributed by atoms with Gasteiger partial charge < -0.3 is 15.4 Å². The van der Waals surface area contributed by atoms with Gasteiger partial charge in [-0.25, -0.2) is 15.0 Å². The number of halogens is 2. The van der Waals surface area contributed by atoms with Crippen LogP contribution in [0.3, 0.4) is 0 Å². The van der Waals surface area contributed by atoms with Crippen molar-refractivity contribution >= 4 is 11.8 Å². The average molecular weight is 457 g/mol. The first-order valence-corrected chi connectivity index (χ1v) is 10.2. The van der Waals surface area contributed by atoms with Gasteiger partial charge in [0.2, 0.25) is 0 Å². The highest BCUT2D eigenvalue weighted by Crippen LogP contribution is 2.41. The molecule has 4 rings (SSSR count). The molecule has 0 radical (unpaired) electrons. The van der Waals surface area contributed by atoms with Gasteiger partial charge in [0.15, 0.2) is 11.6 Å². The van der Waals surface area contributed by atoms with Crippen LogP contribution in [0.25, 0.3) is 5.82 Å². The Balaban J connectivity index is 1.56. The minimum Gasteiger partial charge on any atom is -0.435 e. The molecule has 2 aromatic heterocycles. The summed E-state index contributed by atoms with van der Waals surface area (Å²) in [6.07, 6.45) is 4.40. The maximum Gasteiger partial charge on any atom is 0.387 e. The number of rotatable bonds is 8. The molecule has 3 aromatic rings. The zero-order chi connectivity index (χ0) is 23.5. The second-order valence-corrected chi connectivity index (χ2v) is 7.51. The lowest BCUT2D eigenvalue weighted by atomic mass is 10.1. The Bertz CT molecular complexity index is 1180. The van der Waals surface area contributed by atoms with E-state index in [2.05, 4.69) is 35.4 Å². The first-order valence-electron chi connectivity index (χ1n) is 10.2. The number of nitrogens with one attached hydrogen (secondary N) is 2. The quantitative estimate of drug-likeness (QED) is 0.532. The third kappa shape index (κ3) is 5.10. The average Bonchev–Trinajstić information content (AvgIpc) is 3.54. The van der Waals surface area contributed by atoms with Crippen LogP contribution in [0.4, 0.5) is 8.78 Å². The number of ether oxygens (including phenoxy) is 1. The number of benzene rings is 1. The van der Waals surface area contributed by atoms with E-state index in [0.29, 0.717) is 11.6 Å². The van der Waals surface area contributed by atoms with Gasteiger partial charge in [-0.05, 0) is 49.4 Å². The molecule has 1 atom stereocenters. The molecule has 172 valence electrons. The predicted molar refractivity (Wildman–Crippen MR) is 111 cm³/mol. The summed E-state index contributed by atoms with van der Waals surface area (Å²) in [5.74, 6) is -0.0389. The molecule has 0 aliphatic heterocycles. The van der Waals surface area contributed by atoms with Gasteiger partial charge in [-0.1, -0.05) is 0 Å². The number of carbonyl (C=O) groups excluding carboxylic acids is 2. The number of alkyl halides is 2. The highest BCUT2D eigenvalue weighted by Gasteiger charge is 2.26. The third-order valence-corrected chi connectivity index (χ3v) is 5.10. The highest BCUT2D eigenvalue weighted by molar-refractivity contribution is 5.95. The van der Waals surface area contributed by atoms with Crippen molar-refractivity contribution in [2.24, 2.45) is 0 Å². The molecule has 1 aromatic carbocycles. The van der Waals surface area contributed by atoms with E-state index < -0.39 is 18.6 Å². The Hall–Kier alpha value is -3.96. The van der Waals surface area contributed by atoms with Crippen molar-refractivity contribution in [2.45, 2.75) is 38.3 Å². The first kappa shape index (κ1) is 22.2. The first-order chi connectivity index (χ1) is 15.9. The Kier molecular flexibility index (Phi) is 6.24. The van der Waals surface area contributed by atoms with E-state index >= 15 is 0 Å². The van der Waals surface area contributed by atoms with Gasteiger partial charge in [-0.15, -0.1) is 0 Å². The van der Waals surface area contributed by atoms with Gasteiger partial charge in [-0.2, -0.15) is 18.6 Å². The van der Waals surface area contributed by atoms with E-state index in [4.69, 9.17) is 0 Å². The molecule has 0 saturated heterocycles. The summed E-state index contributed by atoms with van der Waals surface area (Å²) in [5.41, 5.74) is 1.14. The van der Waals surface area contributed by atoms with Crippen LogP contribution in [0.15, 0.2) is 36.9 Å². The maximum atomic E-state index is 12.9. The van der Waals surface area contributed by atoms with E-state index in [1.54, 1.807) is 19.1 Å². The molecule has 2 amide bonds. The molecular formula is C21H21F2N7O3. The van der Waals surface area contributed by atoms with Crippen molar-refractivity contribution in [2.75, 3.05) is 7.05 Å². The van der Waals surface area contributed by atoms with Crippen LogP contribution in [0.1, 0.15) is 64.0 Å². The van der Waals surface area contributed by atoms with Crippen molar-refractivity contribution in [1.29, 1.82) is 0 Å². The minimum atomic E-state index is -2.99. The second-order valence-electron chi connectivity index (χ2n) is 7.51. The number of hydrogen-bond donors (Lipinski definition) is 2. The molecule has 2 heterocycles. The van der Waals surface area contributed by atoms with Gasteiger partial charge in [0.05, 0.1) is 6.04 Å². The van der Waals surface area contributed by atoms with E-state index in [9.17, 15) is 18.4 Å². The van der Waals surface area contributed by atoms with Crippen molar-refractivity contribution in [1.82, 2.24) is 35.4 Å². The van der Waals surface area contributed by atoms with Crippen LogP contribution < -0.4 is 15.4 Å². The highest BCUT2D eigenvalue weighted by atomic mass is 19.3. The largest absolute Gasteiger partial charge is 0.435 e. The lowest BCUT2D eigenvalue weighted by Crippen LogP contribution is -2.29. The molecule has 33 heavy (non-hydrogen) atoms. The summed E-state index contributed by atoms with van der Waals surface area (Å²) in [4.78, 5) is 37.0. The molecule has 0 unspecified atom stereocenters. The Morgan fingerprint density at radius 2 is 1.88 bits per heavy atom. The zero-order valence-corrected chi connectivity index (χ0v) is 17.8. The van der Waals surface area contributed by atoms with Crippen molar-refractivity contribution in [3.05, 3.63) is 59.6 Å². The zero-order valence-electron chi connectivity index (χ0n) is 17.8. The molecule has 1 fully saturated rings. The van der Waals surface area contributed by atoms with E-state index in [1.165, 1.54) is 36.5 Å². The van der Waals surface area contributed by atoms with Gasteiger partial charge in [-0.3, -0.25) is 9.59 Å². The monoisotopic (exact) mass is 457 g/mol. The minimum absolute atomic E-state index is 0.0573.